The Morgan fingerprint density at radius 1 is 1.22 bits per heavy atom. The number of nitrogens with zero attached hydrogens (tertiary/aromatic N) is 1. The van der Waals surface area contributed by atoms with Crippen molar-refractivity contribution < 1.29 is 4.39 Å². The summed E-state index contributed by atoms with van der Waals surface area (Å²) in [6.45, 7) is 0. The van der Waals surface area contributed by atoms with Crippen LogP contribution in [0.4, 0.5) is 10.1 Å². The summed E-state index contributed by atoms with van der Waals surface area (Å²) in [5.74, 6) is 0. The number of nitriles is 1. The SMILES string of the molecule is CF.N#Cc1ccc(NSc2c[nH]cc2Cc2cccs2)cc1. The van der Waals surface area contributed by atoms with Crippen molar-refractivity contribution in [1.82, 2.24) is 4.98 Å². The van der Waals surface area contributed by atoms with Gasteiger partial charge in [-0.25, -0.2) is 0 Å². The minimum absolute atomic E-state index is 0.500. The molecule has 1 aromatic carbocycles. The van der Waals surface area contributed by atoms with Crippen LogP contribution in [0.5, 0.6) is 0 Å². The first-order valence-electron chi connectivity index (χ1n) is 6.84. The Hall–Kier alpha value is -2.23. The maximum absolute atomic E-state index is 9.50. The molecule has 0 radical (unpaired) electrons. The molecular weight excluding hydrogens is 329 g/mol. The predicted molar refractivity (Wildman–Crippen MR) is 95.6 cm³/mol. The standard InChI is InChI=1S/C16H13N3S2.CH3F/c17-9-12-3-5-14(6-4-12)19-21-16-11-18-10-13(16)8-15-2-1-7-20-15;1-2/h1-7,10-11,18-19H,8H2;1H3. The number of hydrogen-bond acceptors (Lipinski definition) is 4. The van der Waals surface area contributed by atoms with Crippen LogP contribution in [0.15, 0.2) is 59.1 Å². The van der Waals surface area contributed by atoms with Crippen LogP contribution in [-0.2, 0) is 6.42 Å². The van der Waals surface area contributed by atoms with Crippen LogP contribution in [0, 0.1) is 11.3 Å². The van der Waals surface area contributed by atoms with Gasteiger partial charge in [0.05, 0.1) is 18.8 Å². The van der Waals surface area contributed by atoms with Crippen molar-refractivity contribution in [3.8, 4) is 6.07 Å². The Morgan fingerprint density at radius 2 is 2.00 bits per heavy atom. The predicted octanol–water partition coefficient (Wildman–Crippen LogP) is 5.24. The number of benzene rings is 1. The highest BCUT2D eigenvalue weighted by Crippen LogP contribution is 2.27. The van der Waals surface area contributed by atoms with Gasteiger partial charge in [-0.15, -0.1) is 11.3 Å². The van der Waals surface area contributed by atoms with Crippen LogP contribution in [0.3, 0.4) is 0 Å². The molecule has 3 nitrogen and oxygen atoms in total. The molecule has 0 atom stereocenters. The minimum Gasteiger partial charge on any atom is -0.366 e. The largest absolute Gasteiger partial charge is 0.366 e. The first-order valence-corrected chi connectivity index (χ1v) is 8.53. The summed E-state index contributed by atoms with van der Waals surface area (Å²) in [6.07, 6.45) is 4.99. The number of aromatic amines is 1. The summed E-state index contributed by atoms with van der Waals surface area (Å²) in [6, 6.07) is 13.8. The maximum Gasteiger partial charge on any atom is 0.0991 e. The van der Waals surface area contributed by atoms with Crippen molar-refractivity contribution in [1.29, 1.82) is 5.26 Å². The quantitative estimate of drug-likeness (QED) is 0.622. The van der Waals surface area contributed by atoms with Crippen molar-refractivity contribution in [3.05, 3.63) is 70.2 Å². The van der Waals surface area contributed by atoms with E-state index >= 15 is 0 Å². The zero-order valence-electron chi connectivity index (χ0n) is 12.5. The Balaban J connectivity index is 0.000000924. The van der Waals surface area contributed by atoms with E-state index in [-0.39, 0.29) is 0 Å². The van der Waals surface area contributed by atoms with Crippen molar-refractivity contribution in [2.45, 2.75) is 11.3 Å². The van der Waals surface area contributed by atoms with E-state index in [1.165, 1.54) is 15.3 Å². The number of thiophene rings is 1. The fourth-order valence-electron chi connectivity index (χ4n) is 1.94. The highest BCUT2D eigenvalue weighted by atomic mass is 32.2. The van der Waals surface area contributed by atoms with Gasteiger partial charge in [0.25, 0.3) is 0 Å². The van der Waals surface area contributed by atoms with Crippen molar-refractivity contribution in [2.24, 2.45) is 0 Å². The van der Waals surface area contributed by atoms with E-state index in [4.69, 9.17) is 5.26 Å². The van der Waals surface area contributed by atoms with Gasteiger partial charge in [0.15, 0.2) is 0 Å². The van der Waals surface area contributed by atoms with Gasteiger partial charge in [-0.05, 0) is 53.2 Å². The average molecular weight is 345 g/mol. The van der Waals surface area contributed by atoms with Gasteiger partial charge < -0.3 is 9.71 Å². The molecule has 0 amide bonds. The Bertz CT molecular complexity index is 743. The fourth-order valence-corrected chi connectivity index (χ4v) is 3.42. The second kappa shape index (κ2) is 9.03. The summed E-state index contributed by atoms with van der Waals surface area (Å²) < 4.78 is 12.8. The fraction of sp³-hybridized carbons (Fsp3) is 0.118. The molecule has 2 heterocycles. The number of halogens is 1. The first kappa shape index (κ1) is 17.1. The summed E-state index contributed by atoms with van der Waals surface area (Å²) >= 11 is 3.36. The third kappa shape index (κ3) is 4.88. The van der Waals surface area contributed by atoms with Gasteiger partial charge in [0, 0.05) is 34.3 Å². The lowest BCUT2D eigenvalue weighted by Gasteiger charge is -2.06. The molecule has 0 aliphatic heterocycles. The Kier molecular flexibility index (Phi) is 6.73. The summed E-state index contributed by atoms with van der Waals surface area (Å²) in [4.78, 5) is 5.71. The minimum atomic E-state index is 0.500. The number of nitrogens with one attached hydrogen (secondary N) is 2. The van der Waals surface area contributed by atoms with Crippen molar-refractivity contribution in [2.75, 3.05) is 11.9 Å². The highest BCUT2D eigenvalue weighted by Gasteiger charge is 2.06. The van der Waals surface area contributed by atoms with Gasteiger partial charge in [-0.1, -0.05) is 6.07 Å². The van der Waals surface area contributed by atoms with Gasteiger partial charge in [0.2, 0.25) is 0 Å². The van der Waals surface area contributed by atoms with E-state index in [0.29, 0.717) is 12.7 Å². The molecule has 3 rings (SSSR count). The molecule has 0 saturated heterocycles. The molecule has 3 aromatic rings. The summed E-state index contributed by atoms with van der Waals surface area (Å²) in [5, 5.41) is 10.9. The normalized spacial score (nSPS) is 9.61. The lowest BCUT2D eigenvalue weighted by molar-refractivity contribution is 0.636. The lowest BCUT2D eigenvalue weighted by atomic mass is 10.2. The molecule has 0 unspecified atom stereocenters. The molecule has 0 saturated carbocycles. The molecule has 118 valence electrons. The molecule has 0 fully saturated rings. The Morgan fingerprint density at radius 3 is 2.65 bits per heavy atom. The zero-order chi connectivity index (χ0) is 16.5. The van der Waals surface area contributed by atoms with E-state index in [0.717, 1.165) is 12.1 Å². The van der Waals surface area contributed by atoms with Gasteiger partial charge in [-0.3, -0.25) is 4.39 Å². The smallest absolute Gasteiger partial charge is 0.0991 e. The molecule has 23 heavy (non-hydrogen) atoms. The summed E-state index contributed by atoms with van der Waals surface area (Å²) in [7, 11) is 0.500. The number of hydrogen-bond donors (Lipinski definition) is 2. The van der Waals surface area contributed by atoms with E-state index in [2.05, 4.69) is 33.3 Å². The van der Waals surface area contributed by atoms with Crippen LogP contribution in [-0.4, -0.2) is 12.2 Å². The van der Waals surface area contributed by atoms with Crippen LogP contribution < -0.4 is 4.72 Å². The molecule has 2 aromatic heterocycles. The van der Waals surface area contributed by atoms with Crippen LogP contribution in [0.1, 0.15) is 16.0 Å². The highest BCUT2D eigenvalue weighted by molar-refractivity contribution is 8.00. The van der Waals surface area contributed by atoms with Crippen molar-refractivity contribution in [3.63, 3.8) is 0 Å². The van der Waals surface area contributed by atoms with Gasteiger partial charge >= 0.3 is 0 Å². The van der Waals surface area contributed by atoms with E-state index in [1.54, 1.807) is 23.3 Å². The van der Waals surface area contributed by atoms with Crippen LogP contribution in [0.2, 0.25) is 0 Å². The first-order chi connectivity index (χ1) is 11.3. The molecule has 0 aliphatic rings. The number of alkyl halides is 1. The molecule has 0 spiro atoms. The van der Waals surface area contributed by atoms with E-state index in [9.17, 15) is 4.39 Å². The second-order valence-corrected chi connectivity index (χ2v) is 6.37. The topological polar surface area (TPSA) is 51.6 Å². The number of rotatable bonds is 5. The van der Waals surface area contributed by atoms with E-state index in [1.807, 2.05) is 36.7 Å². The molecule has 0 bridgehead atoms. The van der Waals surface area contributed by atoms with Crippen LogP contribution >= 0.6 is 23.3 Å². The number of H-pyrrole nitrogens is 1. The molecule has 6 heteroatoms. The van der Waals surface area contributed by atoms with Crippen molar-refractivity contribution >= 4 is 29.0 Å². The van der Waals surface area contributed by atoms with Gasteiger partial charge in [-0.2, -0.15) is 5.26 Å². The number of aromatic nitrogens is 1. The van der Waals surface area contributed by atoms with Crippen LogP contribution in [0.25, 0.3) is 0 Å². The van der Waals surface area contributed by atoms with Gasteiger partial charge in [0.1, 0.15) is 0 Å². The molecule has 2 N–H and O–H groups in total. The maximum atomic E-state index is 9.50. The van der Waals surface area contributed by atoms with E-state index < -0.39 is 0 Å². The summed E-state index contributed by atoms with van der Waals surface area (Å²) in [5.41, 5.74) is 2.94. The third-order valence-electron chi connectivity index (χ3n) is 3.03. The molecule has 0 aliphatic carbocycles. The Labute approximate surface area is 143 Å². The zero-order valence-corrected chi connectivity index (χ0v) is 14.2. The number of anilines is 1. The second-order valence-electron chi connectivity index (χ2n) is 4.49. The monoisotopic (exact) mass is 345 g/mol. The molecular formula is C17H16FN3S2. The lowest BCUT2D eigenvalue weighted by Crippen LogP contribution is -1.89. The third-order valence-corrected chi connectivity index (χ3v) is 4.84. The average Bonchev–Trinajstić information content (AvgIpc) is 3.28.